The highest BCUT2D eigenvalue weighted by molar-refractivity contribution is 6.30. The van der Waals surface area contributed by atoms with Gasteiger partial charge in [0, 0.05) is 22.7 Å². The molecule has 2 rings (SSSR count). The Bertz CT molecular complexity index is 753. The summed E-state index contributed by atoms with van der Waals surface area (Å²) in [7, 11) is 0. The van der Waals surface area contributed by atoms with Crippen molar-refractivity contribution in [3.63, 3.8) is 0 Å². The number of para-hydroxylation sites is 1. The maximum atomic E-state index is 11.9. The van der Waals surface area contributed by atoms with Gasteiger partial charge in [0.1, 0.15) is 0 Å². The van der Waals surface area contributed by atoms with E-state index in [9.17, 15) is 14.9 Å². The maximum Gasteiger partial charge on any atom is 0.331 e. The summed E-state index contributed by atoms with van der Waals surface area (Å²) in [6.45, 7) is 1.92. The van der Waals surface area contributed by atoms with Crippen LogP contribution >= 0.6 is 11.6 Å². The molecule has 2 aromatic rings. The van der Waals surface area contributed by atoms with Crippen molar-refractivity contribution in [1.29, 1.82) is 0 Å². The van der Waals surface area contributed by atoms with E-state index in [4.69, 9.17) is 16.3 Å². The second-order valence-electron chi connectivity index (χ2n) is 4.59. The van der Waals surface area contributed by atoms with Crippen LogP contribution in [0.1, 0.15) is 18.1 Å². The molecular weight excluding hydrogens is 318 g/mol. The van der Waals surface area contributed by atoms with Crippen molar-refractivity contribution >= 4 is 28.8 Å². The monoisotopic (exact) mass is 331 g/mol. The quantitative estimate of drug-likeness (QED) is 0.355. The highest BCUT2D eigenvalue weighted by atomic mass is 35.5. The van der Waals surface area contributed by atoms with Crippen LogP contribution in [0.25, 0.3) is 5.57 Å². The van der Waals surface area contributed by atoms with Crippen LogP contribution in [0, 0.1) is 10.1 Å². The lowest BCUT2D eigenvalue weighted by molar-refractivity contribution is -0.385. The van der Waals surface area contributed by atoms with Gasteiger partial charge in [-0.15, -0.1) is 0 Å². The molecule has 0 atom stereocenters. The van der Waals surface area contributed by atoms with Gasteiger partial charge in [-0.1, -0.05) is 35.9 Å². The van der Waals surface area contributed by atoms with Gasteiger partial charge in [-0.2, -0.15) is 0 Å². The van der Waals surface area contributed by atoms with Gasteiger partial charge in [-0.05, 0) is 30.7 Å². The van der Waals surface area contributed by atoms with Gasteiger partial charge < -0.3 is 4.74 Å². The third kappa shape index (κ3) is 4.17. The Morgan fingerprint density at radius 1 is 1.22 bits per heavy atom. The number of hydrogen-bond acceptors (Lipinski definition) is 4. The SMILES string of the molecule is CCOC(=O)/C=C(/c1ccc(Cl)cc1)c1ccccc1[N+](=O)[O-]. The van der Waals surface area contributed by atoms with Crippen LogP contribution in [0.5, 0.6) is 0 Å². The average Bonchev–Trinajstić information content (AvgIpc) is 2.54. The number of nitro benzene ring substituents is 1. The molecular formula is C17H14ClNO4. The van der Waals surface area contributed by atoms with E-state index in [1.165, 1.54) is 12.1 Å². The molecule has 0 fully saturated rings. The van der Waals surface area contributed by atoms with Gasteiger partial charge in [0.05, 0.1) is 17.1 Å². The molecule has 0 heterocycles. The number of rotatable bonds is 5. The van der Waals surface area contributed by atoms with E-state index < -0.39 is 10.9 Å². The fourth-order valence-electron chi connectivity index (χ4n) is 2.11. The summed E-state index contributed by atoms with van der Waals surface area (Å²) in [5.41, 5.74) is 1.30. The standard InChI is InChI=1S/C17H14ClNO4/c1-2-23-17(20)11-15(12-7-9-13(18)10-8-12)14-5-3-4-6-16(14)19(21)22/h3-11H,2H2,1H3/b15-11-. The van der Waals surface area contributed by atoms with Crippen LogP contribution in [0.4, 0.5) is 5.69 Å². The predicted octanol–water partition coefficient (Wildman–Crippen LogP) is 4.24. The molecule has 0 spiro atoms. The molecule has 6 heteroatoms. The summed E-state index contributed by atoms with van der Waals surface area (Å²) in [5, 5.41) is 11.8. The van der Waals surface area contributed by atoms with Crippen molar-refractivity contribution < 1.29 is 14.5 Å². The van der Waals surface area contributed by atoms with Crippen LogP contribution in [0.2, 0.25) is 5.02 Å². The van der Waals surface area contributed by atoms with E-state index in [2.05, 4.69) is 0 Å². The number of benzene rings is 2. The Morgan fingerprint density at radius 3 is 2.48 bits per heavy atom. The van der Waals surface area contributed by atoms with Gasteiger partial charge in [0.15, 0.2) is 0 Å². The number of nitrogens with zero attached hydrogens (tertiary/aromatic N) is 1. The van der Waals surface area contributed by atoms with Crippen LogP contribution in [-0.4, -0.2) is 17.5 Å². The normalized spacial score (nSPS) is 11.1. The van der Waals surface area contributed by atoms with Gasteiger partial charge in [0.25, 0.3) is 5.69 Å². The van der Waals surface area contributed by atoms with E-state index in [1.807, 2.05) is 0 Å². The Balaban J connectivity index is 2.61. The third-order valence-corrected chi connectivity index (χ3v) is 3.35. The zero-order valence-electron chi connectivity index (χ0n) is 12.4. The fraction of sp³-hybridized carbons (Fsp3) is 0.118. The molecule has 0 radical (unpaired) electrons. The molecule has 23 heavy (non-hydrogen) atoms. The molecule has 0 saturated carbocycles. The van der Waals surface area contributed by atoms with Crippen molar-refractivity contribution in [1.82, 2.24) is 0 Å². The average molecular weight is 332 g/mol. The van der Waals surface area contributed by atoms with E-state index in [0.717, 1.165) is 0 Å². The van der Waals surface area contributed by atoms with Gasteiger partial charge in [0.2, 0.25) is 0 Å². The maximum absolute atomic E-state index is 11.9. The van der Waals surface area contributed by atoms with E-state index >= 15 is 0 Å². The second-order valence-corrected chi connectivity index (χ2v) is 5.03. The topological polar surface area (TPSA) is 69.4 Å². The number of nitro groups is 1. The van der Waals surface area contributed by atoms with E-state index in [1.54, 1.807) is 49.4 Å². The smallest absolute Gasteiger partial charge is 0.331 e. The Kier molecular flexibility index (Phi) is 5.49. The van der Waals surface area contributed by atoms with Gasteiger partial charge in [-0.3, -0.25) is 10.1 Å². The van der Waals surface area contributed by atoms with Gasteiger partial charge >= 0.3 is 5.97 Å². The summed E-state index contributed by atoms with van der Waals surface area (Å²) in [6, 6.07) is 13.0. The molecule has 0 N–H and O–H groups in total. The Labute approximate surface area is 138 Å². The highest BCUT2D eigenvalue weighted by Gasteiger charge is 2.18. The predicted molar refractivity (Wildman–Crippen MR) is 88.3 cm³/mol. The molecule has 0 aliphatic heterocycles. The number of ether oxygens (including phenoxy) is 1. The summed E-state index contributed by atoms with van der Waals surface area (Å²) in [6.07, 6.45) is 1.26. The van der Waals surface area contributed by atoms with Crippen LogP contribution in [0.15, 0.2) is 54.6 Å². The first-order valence-corrected chi connectivity index (χ1v) is 7.29. The van der Waals surface area contributed by atoms with Crippen LogP contribution in [0.3, 0.4) is 0 Å². The number of halogens is 1. The molecule has 5 nitrogen and oxygen atoms in total. The highest BCUT2D eigenvalue weighted by Crippen LogP contribution is 2.31. The van der Waals surface area contributed by atoms with Crippen molar-refractivity contribution in [3.05, 3.63) is 80.9 Å². The van der Waals surface area contributed by atoms with Crippen LogP contribution in [-0.2, 0) is 9.53 Å². The molecule has 0 amide bonds. The van der Waals surface area contributed by atoms with E-state index in [-0.39, 0.29) is 12.3 Å². The third-order valence-electron chi connectivity index (χ3n) is 3.09. The molecule has 0 aliphatic rings. The summed E-state index contributed by atoms with van der Waals surface area (Å²) >= 11 is 5.88. The largest absolute Gasteiger partial charge is 0.463 e. The first-order chi connectivity index (χ1) is 11.0. The van der Waals surface area contributed by atoms with Crippen molar-refractivity contribution in [3.8, 4) is 0 Å². The first-order valence-electron chi connectivity index (χ1n) is 6.91. The second kappa shape index (κ2) is 7.56. The van der Waals surface area contributed by atoms with Gasteiger partial charge in [-0.25, -0.2) is 4.79 Å². The molecule has 0 bridgehead atoms. The summed E-state index contributed by atoms with van der Waals surface area (Å²) in [4.78, 5) is 22.6. The molecule has 0 aliphatic carbocycles. The zero-order valence-corrected chi connectivity index (χ0v) is 13.1. The minimum absolute atomic E-state index is 0.0852. The molecule has 118 valence electrons. The molecule has 0 saturated heterocycles. The van der Waals surface area contributed by atoms with E-state index in [0.29, 0.717) is 21.7 Å². The minimum atomic E-state index is -0.560. The number of esters is 1. The number of hydrogen-bond donors (Lipinski definition) is 0. The number of carbonyl (C=O) groups excluding carboxylic acids is 1. The lowest BCUT2D eigenvalue weighted by atomic mass is 9.96. The molecule has 2 aromatic carbocycles. The van der Waals surface area contributed by atoms with Crippen molar-refractivity contribution in [2.45, 2.75) is 6.92 Å². The fourth-order valence-corrected chi connectivity index (χ4v) is 2.23. The molecule has 0 aromatic heterocycles. The van der Waals surface area contributed by atoms with Crippen molar-refractivity contribution in [2.24, 2.45) is 0 Å². The summed E-state index contributed by atoms with van der Waals surface area (Å²) < 4.78 is 4.93. The van der Waals surface area contributed by atoms with Crippen LogP contribution < -0.4 is 0 Å². The minimum Gasteiger partial charge on any atom is -0.463 e. The summed E-state index contributed by atoms with van der Waals surface area (Å²) in [5.74, 6) is -0.560. The zero-order chi connectivity index (χ0) is 16.8. The molecule has 0 unspecified atom stereocenters. The lowest BCUT2D eigenvalue weighted by Gasteiger charge is -2.09. The van der Waals surface area contributed by atoms with Crippen molar-refractivity contribution in [2.75, 3.05) is 6.61 Å². The number of carbonyl (C=O) groups is 1. The first kappa shape index (κ1) is 16.7. The Hall–Kier alpha value is -2.66. The Morgan fingerprint density at radius 2 is 1.87 bits per heavy atom. The lowest BCUT2D eigenvalue weighted by Crippen LogP contribution is -2.03.